The van der Waals surface area contributed by atoms with E-state index in [-0.39, 0.29) is 5.56 Å². The van der Waals surface area contributed by atoms with Crippen LogP contribution in [-0.2, 0) is 12.3 Å². The molecular formula is C21H17N3OS. The second-order valence-corrected chi connectivity index (χ2v) is 6.88. The molecule has 4 rings (SSSR count). The predicted molar refractivity (Wildman–Crippen MR) is 105 cm³/mol. The fourth-order valence-corrected chi connectivity index (χ4v) is 3.73. The van der Waals surface area contributed by atoms with Crippen molar-refractivity contribution in [2.75, 3.05) is 0 Å². The van der Waals surface area contributed by atoms with Gasteiger partial charge in [-0.3, -0.25) is 14.3 Å². The van der Waals surface area contributed by atoms with Crippen LogP contribution < -0.4 is 5.56 Å². The van der Waals surface area contributed by atoms with Crippen molar-refractivity contribution in [2.24, 2.45) is 0 Å². The number of hydrogen-bond donors (Lipinski definition) is 0. The number of benzene rings is 2. The van der Waals surface area contributed by atoms with E-state index in [9.17, 15) is 4.79 Å². The molecule has 2 aromatic heterocycles. The summed E-state index contributed by atoms with van der Waals surface area (Å²) < 4.78 is 1.76. The second-order valence-electron chi connectivity index (χ2n) is 5.94. The molecule has 0 spiro atoms. The van der Waals surface area contributed by atoms with Crippen LogP contribution in [0.3, 0.4) is 0 Å². The van der Waals surface area contributed by atoms with Crippen LogP contribution in [0.25, 0.3) is 10.9 Å². The van der Waals surface area contributed by atoms with Crippen LogP contribution in [0.2, 0.25) is 0 Å². The molecule has 4 nitrogen and oxygen atoms in total. The summed E-state index contributed by atoms with van der Waals surface area (Å²) in [7, 11) is 0. The molecular weight excluding hydrogens is 342 g/mol. The van der Waals surface area contributed by atoms with E-state index >= 15 is 0 Å². The molecule has 26 heavy (non-hydrogen) atoms. The maximum absolute atomic E-state index is 13.1. The van der Waals surface area contributed by atoms with Crippen molar-refractivity contribution >= 4 is 22.7 Å². The molecule has 0 unspecified atom stereocenters. The van der Waals surface area contributed by atoms with E-state index in [1.54, 1.807) is 22.5 Å². The summed E-state index contributed by atoms with van der Waals surface area (Å²) >= 11 is 1.56. The van der Waals surface area contributed by atoms with Crippen LogP contribution in [0.1, 0.15) is 11.1 Å². The van der Waals surface area contributed by atoms with Crippen LogP contribution in [-0.4, -0.2) is 14.5 Å². The number of pyridine rings is 1. The van der Waals surface area contributed by atoms with Crippen LogP contribution in [0.15, 0.2) is 89.1 Å². The van der Waals surface area contributed by atoms with Gasteiger partial charge in [-0.1, -0.05) is 60.3 Å². The van der Waals surface area contributed by atoms with E-state index in [4.69, 9.17) is 4.98 Å². The van der Waals surface area contributed by atoms with Gasteiger partial charge in [0.05, 0.1) is 17.4 Å². The summed E-state index contributed by atoms with van der Waals surface area (Å²) in [5, 5.41) is 1.37. The molecule has 0 saturated carbocycles. The van der Waals surface area contributed by atoms with Gasteiger partial charge in [0.25, 0.3) is 5.56 Å². The minimum absolute atomic E-state index is 0.00635. The minimum Gasteiger partial charge on any atom is -0.283 e. The first kappa shape index (κ1) is 16.5. The maximum atomic E-state index is 13.1. The largest absolute Gasteiger partial charge is 0.283 e. The first-order chi connectivity index (χ1) is 12.8. The Bertz CT molecular complexity index is 1080. The molecule has 0 fully saturated rings. The summed E-state index contributed by atoms with van der Waals surface area (Å²) in [6.07, 6.45) is 3.60. The lowest BCUT2D eigenvalue weighted by atomic mass is 10.2. The van der Waals surface area contributed by atoms with Crippen molar-refractivity contribution in [3.05, 3.63) is 101 Å². The molecule has 0 amide bonds. The predicted octanol–water partition coefficient (Wildman–Crippen LogP) is 4.13. The molecule has 0 aliphatic rings. The van der Waals surface area contributed by atoms with E-state index in [0.717, 1.165) is 21.8 Å². The standard InChI is InChI=1S/C21H17N3OS/c25-20-18-10-4-5-11-19(18)23-21(26-15-17-9-6-12-22-13-17)24(20)14-16-7-2-1-3-8-16/h1-13H,14-15H2. The van der Waals surface area contributed by atoms with Crippen molar-refractivity contribution in [3.8, 4) is 0 Å². The highest BCUT2D eigenvalue weighted by atomic mass is 32.2. The Morgan fingerprint density at radius 1 is 0.885 bits per heavy atom. The summed E-state index contributed by atoms with van der Waals surface area (Å²) in [6.45, 7) is 0.507. The zero-order valence-corrected chi connectivity index (χ0v) is 14.9. The van der Waals surface area contributed by atoms with Gasteiger partial charge in [0, 0.05) is 18.1 Å². The number of fused-ring (bicyclic) bond motifs is 1. The van der Waals surface area contributed by atoms with Crippen LogP contribution in [0.5, 0.6) is 0 Å². The average molecular weight is 359 g/mol. The van der Waals surface area contributed by atoms with Crippen molar-refractivity contribution in [1.82, 2.24) is 14.5 Å². The molecule has 128 valence electrons. The van der Waals surface area contributed by atoms with Gasteiger partial charge in [0.15, 0.2) is 5.16 Å². The quantitative estimate of drug-likeness (QED) is 0.397. The molecule has 0 bridgehead atoms. The van der Waals surface area contributed by atoms with Gasteiger partial charge in [-0.25, -0.2) is 4.98 Å². The third-order valence-electron chi connectivity index (χ3n) is 4.10. The van der Waals surface area contributed by atoms with E-state index in [1.807, 2.05) is 72.9 Å². The number of aromatic nitrogens is 3. The SMILES string of the molecule is O=c1c2ccccc2nc(SCc2cccnc2)n1Cc1ccccc1. The number of thioether (sulfide) groups is 1. The first-order valence-corrected chi connectivity index (χ1v) is 9.35. The van der Waals surface area contributed by atoms with Crippen LogP contribution in [0.4, 0.5) is 0 Å². The summed E-state index contributed by atoms with van der Waals surface area (Å²) in [5.74, 6) is 0.716. The Kier molecular flexibility index (Phi) is 4.80. The molecule has 2 heterocycles. The number of hydrogen-bond acceptors (Lipinski definition) is 4. The second kappa shape index (κ2) is 7.54. The maximum Gasteiger partial charge on any atom is 0.262 e. The highest BCUT2D eigenvalue weighted by molar-refractivity contribution is 7.98. The molecule has 4 aromatic rings. The summed E-state index contributed by atoms with van der Waals surface area (Å²) in [6, 6.07) is 21.4. The average Bonchev–Trinajstić information content (AvgIpc) is 2.70. The molecule has 5 heteroatoms. The van der Waals surface area contributed by atoms with Crippen molar-refractivity contribution in [3.63, 3.8) is 0 Å². The van der Waals surface area contributed by atoms with E-state index in [0.29, 0.717) is 17.7 Å². The molecule has 0 radical (unpaired) electrons. The van der Waals surface area contributed by atoms with Crippen molar-refractivity contribution in [2.45, 2.75) is 17.5 Å². The molecule has 2 aromatic carbocycles. The normalized spacial score (nSPS) is 10.9. The van der Waals surface area contributed by atoms with E-state index in [2.05, 4.69) is 4.98 Å². The lowest BCUT2D eigenvalue weighted by molar-refractivity contribution is 0.658. The lowest BCUT2D eigenvalue weighted by Gasteiger charge is -2.13. The van der Waals surface area contributed by atoms with E-state index < -0.39 is 0 Å². The third kappa shape index (κ3) is 3.53. The number of nitrogens with zero attached hydrogens (tertiary/aromatic N) is 3. The number of rotatable bonds is 5. The van der Waals surface area contributed by atoms with Gasteiger partial charge >= 0.3 is 0 Å². The fourth-order valence-electron chi connectivity index (χ4n) is 2.79. The fraction of sp³-hybridized carbons (Fsp3) is 0.0952. The first-order valence-electron chi connectivity index (χ1n) is 8.36. The van der Waals surface area contributed by atoms with Crippen molar-refractivity contribution in [1.29, 1.82) is 0 Å². The smallest absolute Gasteiger partial charge is 0.262 e. The topological polar surface area (TPSA) is 47.8 Å². The van der Waals surface area contributed by atoms with Gasteiger partial charge in [-0.05, 0) is 29.3 Å². The summed E-state index contributed by atoms with van der Waals surface area (Å²) in [5.41, 5.74) is 2.91. The van der Waals surface area contributed by atoms with E-state index in [1.165, 1.54) is 0 Å². The molecule has 0 aliphatic heterocycles. The van der Waals surface area contributed by atoms with Crippen LogP contribution >= 0.6 is 11.8 Å². The van der Waals surface area contributed by atoms with Gasteiger partial charge in [0.2, 0.25) is 0 Å². The Morgan fingerprint density at radius 2 is 1.65 bits per heavy atom. The molecule has 0 atom stereocenters. The molecule has 0 aliphatic carbocycles. The monoisotopic (exact) mass is 359 g/mol. The van der Waals surface area contributed by atoms with Crippen molar-refractivity contribution < 1.29 is 0 Å². The lowest BCUT2D eigenvalue weighted by Crippen LogP contribution is -2.24. The number of para-hydroxylation sites is 1. The highest BCUT2D eigenvalue weighted by Crippen LogP contribution is 2.22. The molecule has 0 N–H and O–H groups in total. The van der Waals surface area contributed by atoms with Gasteiger partial charge in [-0.15, -0.1) is 0 Å². The Labute approximate surface area is 155 Å². The van der Waals surface area contributed by atoms with Gasteiger partial charge in [-0.2, -0.15) is 0 Å². The zero-order chi connectivity index (χ0) is 17.8. The minimum atomic E-state index is -0.00635. The Morgan fingerprint density at radius 3 is 2.46 bits per heavy atom. The highest BCUT2D eigenvalue weighted by Gasteiger charge is 2.12. The Hall–Kier alpha value is -2.92. The van der Waals surface area contributed by atoms with Crippen LogP contribution in [0, 0.1) is 0 Å². The Balaban J connectivity index is 1.76. The zero-order valence-electron chi connectivity index (χ0n) is 14.1. The summed E-state index contributed by atoms with van der Waals surface area (Å²) in [4.78, 5) is 22.0. The molecule has 0 saturated heterocycles. The van der Waals surface area contributed by atoms with Gasteiger partial charge in [0.1, 0.15) is 0 Å². The van der Waals surface area contributed by atoms with Gasteiger partial charge < -0.3 is 0 Å². The third-order valence-corrected chi connectivity index (χ3v) is 5.15.